The molecule has 2 aromatic carbocycles. The first-order chi connectivity index (χ1) is 13.2. The van der Waals surface area contributed by atoms with Crippen LogP contribution in [-0.4, -0.2) is 28.3 Å². The minimum atomic E-state index is -2.01. The lowest BCUT2D eigenvalue weighted by Crippen LogP contribution is -2.46. The maximum Gasteiger partial charge on any atom is 0.269 e. The van der Waals surface area contributed by atoms with E-state index in [0.717, 1.165) is 5.56 Å². The molecule has 0 saturated carbocycles. The van der Waals surface area contributed by atoms with Crippen molar-refractivity contribution in [3.63, 3.8) is 0 Å². The van der Waals surface area contributed by atoms with Crippen molar-refractivity contribution in [2.24, 2.45) is 0 Å². The van der Waals surface area contributed by atoms with Crippen LogP contribution < -0.4 is 5.32 Å². The summed E-state index contributed by atoms with van der Waals surface area (Å²) in [5, 5.41) is 23.1. The van der Waals surface area contributed by atoms with Crippen LogP contribution in [0.4, 0.5) is 5.69 Å². The fourth-order valence-electron chi connectivity index (χ4n) is 2.94. The van der Waals surface area contributed by atoms with Crippen molar-refractivity contribution in [3.05, 3.63) is 64.7 Å². The predicted octanol–water partition coefficient (Wildman–Crippen LogP) is 3.35. The highest BCUT2D eigenvalue weighted by molar-refractivity contribution is 6.32. The van der Waals surface area contributed by atoms with Gasteiger partial charge >= 0.3 is 0 Å². The van der Waals surface area contributed by atoms with Gasteiger partial charge in [-0.2, -0.15) is 0 Å². The molecule has 5 heteroatoms. The molecule has 0 spiro atoms. The second-order valence-electron chi connectivity index (χ2n) is 7.04. The lowest BCUT2D eigenvalue weighted by Gasteiger charge is -2.32. The molecule has 0 aromatic heterocycles. The van der Waals surface area contributed by atoms with Crippen molar-refractivity contribution in [3.8, 4) is 24.2 Å². The van der Waals surface area contributed by atoms with E-state index in [-0.39, 0.29) is 6.42 Å². The number of carbonyl (C=O) groups excluding carboxylic acids is 1. The molecule has 0 aliphatic heterocycles. The smallest absolute Gasteiger partial charge is 0.269 e. The molecule has 144 valence electrons. The van der Waals surface area contributed by atoms with E-state index >= 15 is 0 Å². The van der Waals surface area contributed by atoms with Gasteiger partial charge in [0, 0.05) is 17.7 Å². The van der Waals surface area contributed by atoms with E-state index in [0.29, 0.717) is 16.3 Å². The highest BCUT2D eigenvalue weighted by Crippen LogP contribution is 2.33. The zero-order valence-electron chi connectivity index (χ0n) is 15.8. The number of amides is 1. The number of aliphatic hydroxyl groups is 2. The molecule has 2 aromatic rings. The Morgan fingerprint density at radius 2 is 1.89 bits per heavy atom. The summed E-state index contributed by atoms with van der Waals surface area (Å²) in [5.74, 6) is 6.64. The summed E-state index contributed by atoms with van der Waals surface area (Å²) in [6.07, 6.45) is 5.37. The molecule has 28 heavy (non-hydrogen) atoms. The molecule has 1 unspecified atom stereocenters. The Bertz CT molecular complexity index is 951. The van der Waals surface area contributed by atoms with Gasteiger partial charge in [-0.1, -0.05) is 73.5 Å². The van der Waals surface area contributed by atoms with E-state index in [4.69, 9.17) is 23.1 Å². The van der Waals surface area contributed by atoms with Gasteiger partial charge < -0.3 is 15.5 Å². The fourth-order valence-corrected chi connectivity index (χ4v) is 3.18. The van der Waals surface area contributed by atoms with E-state index in [1.54, 1.807) is 12.1 Å². The van der Waals surface area contributed by atoms with Crippen LogP contribution in [0.25, 0.3) is 0 Å². The number of benzene rings is 2. The van der Waals surface area contributed by atoms with Crippen molar-refractivity contribution in [2.75, 3.05) is 11.9 Å². The molecular weight excluding hydrogens is 374 g/mol. The molecule has 0 fully saturated rings. The average Bonchev–Trinajstić information content (AvgIpc) is 2.67. The number of hydrogen-bond donors (Lipinski definition) is 3. The van der Waals surface area contributed by atoms with Gasteiger partial charge in [-0.3, -0.25) is 4.79 Å². The Kier molecular flexibility index (Phi) is 6.89. The summed E-state index contributed by atoms with van der Waals surface area (Å²) in [4.78, 5) is 12.9. The molecule has 0 bridgehead atoms. The Balaban J connectivity index is 2.32. The molecule has 0 radical (unpaired) electrons. The monoisotopic (exact) mass is 395 g/mol. The van der Waals surface area contributed by atoms with Crippen LogP contribution in [0.1, 0.15) is 31.4 Å². The highest BCUT2D eigenvalue weighted by atomic mass is 35.5. The quantitative estimate of drug-likeness (QED) is 0.680. The number of aliphatic hydroxyl groups excluding tert-OH is 1. The Hall–Kier alpha value is -2.76. The predicted molar refractivity (Wildman–Crippen MR) is 112 cm³/mol. The number of terminal acetylenes is 1. The number of hydrogen-bond acceptors (Lipinski definition) is 3. The van der Waals surface area contributed by atoms with Crippen molar-refractivity contribution >= 4 is 23.2 Å². The van der Waals surface area contributed by atoms with Gasteiger partial charge in [0.1, 0.15) is 6.61 Å². The van der Waals surface area contributed by atoms with Crippen LogP contribution >= 0.6 is 11.6 Å². The first-order valence-corrected chi connectivity index (χ1v) is 9.06. The summed E-state index contributed by atoms with van der Waals surface area (Å²) < 4.78 is 0. The third kappa shape index (κ3) is 5.15. The number of carbonyl (C=O) groups is 1. The molecule has 3 N–H and O–H groups in total. The van der Waals surface area contributed by atoms with Gasteiger partial charge in [-0.25, -0.2) is 0 Å². The molecule has 0 aliphatic carbocycles. The van der Waals surface area contributed by atoms with Gasteiger partial charge in [0.2, 0.25) is 5.60 Å². The van der Waals surface area contributed by atoms with E-state index in [1.165, 1.54) is 6.07 Å². The number of nitrogens with one attached hydrogen (secondary N) is 1. The van der Waals surface area contributed by atoms with Crippen molar-refractivity contribution in [1.29, 1.82) is 0 Å². The minimum absolute atomic E-state index is 0.0268. The molecule has 1 atom stereocenters. The van der Waals surface area contributed by atoms with E-state index in [1.807, 2.05) is 44.2 Å². The SMILES string of the molecule is C#Cc1ccc(NC(=O)C(O)(C#CCO)CC(C)(C)c2ccccc2)cc1Cl. The maximum atomic E-state index is 12.9. The maximum absolute atomic E-state index is 12.9. The number of anilines is 1. The highest BCUT2D eigenvalue weighted by Gasteiger charge is 2.40. The van der Waals surface area contributed by atoms with Crippen LogP contribution in [0.3, 0.4) is 0 Å². The Labute approximate surface area is 170 Å². The van der Waals surface area contributed by atoms with Crippen LogP contribution in [0, 0.1) is 24.2 Å². The summed E-state index contributed by atoms with van der Waals surface area (Å²) >= 11 is 6.08. The number of rotatable bonds is 5. The van der Waals surface area contributed by atoms with E-state index in [9.17, 15) is 9.90 Å². The van der Waals surface area contributed by atoms with Crippen LogP contribution in [-0.2, 0) is 10.2 Å². The van der Waals surface area contributed by atoms with Crippen LogP contribution in [0.15, 0.2) is 48.5 Å². The summed E-state index contributed by atoms with van der Waals surface area (Å²) in [5.41, 5.74) is -0.730. The zero-order valence-corrected chi connectivity index (χ0v) is 16.5. The first kappa shape index (κ1) is 21.5. The third-order valence-electron chi connectivity index (χ3n) is 4.39. The minimum Gasteiger partial charge on any atom is -0.384 e. The average molecular weight is 396 g/mol. The molecule has 0 saturated heterocycles. The molecule has 0 aliphatic rings. The lowest BCUT2D eigenvalue weighted by molar-refractivity contribution is -0.130. The Morgan fingerprint density at radius 3 is 2.46 bits per heavy atom. The summed E-state index contributed by atoms with van der Waals surface area (Å²) in [6, 6.07) is 14.2. The van der Waals surface area contributed by atoms with Crippen LogP contribution in [0.5, 0.6) is 0 Å². The molecule has 1 amide bonds. The second-order valence-corrected chi connectivity index (χ2v) is 7.45. The first-order valence-electron chi connectivity index (χ1n) is 8.68. The topological polar surface area (TPSA) is 69.6 Å². The Morgan fingerprint density at radius 1 is 1.21 bits per heavy atom. The van der Waals surface area contributed by atoms with E-state index < -0.39 is 23.5 Å². The molecular formula is C23H22ClNO3. The van der Waals surface area contributed by atoms with Gasteiger partial charge in [0.05, 0.1) is 5.02 Å². The summed E-state index contributed by atoms with van der Waals surface area (Å²) in [7, 11) is 0. The van der Waals surface area contributed by atoms with Gasteiger partial charge in [-0.15, -0.1) is 6.42 Å². The fraction of sp³-hybridized carbons (Fsp3) is 0.261. The number of halogens is 1. The molecule has 2 rings (SSSR count). The largest absolute Gasteiger partial charge is 0.384 e. The van der Waals surface area contributed by atoms with E-state index in [2.05, 4.69) is 23.1 Å². The molecule has 0 heterocycles. The second kappa shape index (κ2) is 8.95. The van der Waals surface area contributed by atoms with Crippen LogP contribution in [0.2, 0.25) is 5.02 Å². The van der Waals surface area contributed by atoms with Crippen molar-refractivity contribution in [2.45, 2.75) is 31.3 Å². The van der Waals surface area contributed by atoms with Gasteiger partial charge in [0.15, 0.2) is 0 Å². The van der Waals surface area contributed by atoms with Crippen molar-refractivity contribution < 1.29 is 15.0 Å². The molecule has 4 nitrogen and oxygen atoms in total. The standard InChI is InChI=1S/C23H22ClNO3/c1-4-17-11-12-19(15-20(17)24)25-21(27)23(28,13-8-14-26)16-22(2,3)18-9-6-5-7-10-18/h1,5-7,9-12,15,26,28H,14,16H2,2-3H3,(H,25,27). The summed E-state index contributed by atoms with van der Waals surface area (Å²) in [6.45, 7) is 3.36. The van der Waals surface area contributed by atoms with Gasteiger partial charge in [0.25, 0.3) is 5.91 Å². The third-order valence-corrected chi connectivity index (χ3v) is 4.70. The lowest BCUT2D eigenvalue weighted by atomic mass is 9.75. The zero-order chi connectivity index (χ0) is 20.8. The van der Waals surface area contributed by atoms with Gasteiger partial charge in [-0.05, 0) is 29.2 Å². The normalized spacial score (nSPS) is 12.9. The van der Waals surface area contributed by atoms with Crippen molar-refractivity contribution in [1.82, 2.24) is 0 Å².